The lowest BCUT2D eigenvalue weighted by molar-refractivity contribution is -0.128. The fourth-order valence-electron chi connectivity index (χ4n) is 7.15. The van der Waals surface area contributed by atoms with Crippen molar-refractivity contribution in [1.82, 2.24) is 15.1 Å². The zero-order valence-corrected chi connectivity index (χ0v) is 25.8. The van der Waals surface area contributed by atoms with Gasteiger partial charge >= 0.3 is 5.97 Å². The summed E-state index contributed by atoms with van der Waals surface area (Å²) >= 11 is 12.6. The van der Waals surface area contributed by atoms with Crippen LogP contribution in [-0.4, -0.2) is 53.3 Å². The number of nitrogens with zero attached hydrogens (tertiary/aromatic N) is 2. The Labute approximate surface area is 263 Å². The molecular formula is C33H31Cl2FN4O4. The van der Waals surface area contributed by atoms with E-state index in [9.17, 15) is 9.59 Å². The van der Waals surface area contributed by atoms with Gasteiger partial charge < -0.3 is 14.8 Å². The van der Waals surface area contributed by atoms with Gasteiger partial charge in [0, 0.05) is 34.8 Å². The second-order valence-corrected chi connectivity index (χ2v) is 12.8. The van der Waals surface area contributed by atoms with E-state index in [0.717, 1.165) is 29.5 Å². The first-order valence-corrected chi connectivity index (χ1v) is 15.5. The van der Waals surface area contributed by atoms with Gasteiger partial charge in [0.2, 0.25) is 11.8 Å². The predicted molar refractivity (Wildman–Crippen MR) is 166 cm³/mol. The summed E-state index contributed by atoms with van der Waals surface area (Å²) in [5, 5.41) is 11.6. The lowest BCUT2D eigenvalue weighted by atomic mass is 9.75. The Bertz CT molecular complexity index is 1810. The quantitative estimate of drug-likeness (QED) is 0.202. The molecule has 0 unspecified atom stereocenters. The summed E-state index contributed by atoms with van der Waals surface area (Å²) in [6.07, 6.45) is 3.26. The highest BCUT2D eigenvalue weighted by molar-refractivity contribution is 6.31. The van der Waals surface area contributed by atoms with Crippen LogP contribution in [0.2, 0.25) is 10.0 Å². The number of carbonyl (C=O) groups excluding carboxylic acids is 2. The molecule has 1 amide bonds. The largest absolute Gasteiger partial charge is 0.476 e. The van der Waals surface area contributed by atoms with Gasteiger partial charge in [-0.05, 0) is 80.0 Å². The van der Waals surface area contributed by atoms with E-state index in [-0.39, 0.29) is 17.0 Å². The summed E-state index contributed by atoms with van der Waals surface area (Å²) in [7, 11) is 1.35. The number of likely N-dealkylation sites (tertiary alicyclic amines) is 1. The van der Waals surface area contributed by atoms with E-state index in [0.29, 0.717) is 65.0 Å². The van der Waals surface area contributed by atoms with Crippen molar-refractivity contribution < 1.29 is 23.5 Å². The summed E-state index contributed by atoms with van der Waals surface area (Å²) in [5.41, 5.74) is 2.68. The van der Waals surface area contributed by atoms with Crippen molar-refractivity contribution in [2.75, 3.05) is 25.6 Å². The highest BCUT2D eigenvalue weighted by Crippen LogP contribution is 2.59. The summed E-state index contributed by atoms with van der Waals surface area (Å²) in [5.74, 6) is -0.785. The molecule has 2 fully saturated rings. The summed E-state index contributed by atoms with van der Waals surface area (Å²) < 4.78 is 26.9. The summed E-state index contributed by atoms with van der Waals surface area (Å²) in [6, 6.07) is 13.9. The maximum absolute atomic E-state index is 15.7. The predicted octanol–water partition coefficient (Wildman–Crippen LogP) is 6.99. The molecule has 3 aliphatic rings. The Morgan fingerprint density at radius 3 is 2.77 bits per heavy atom. The number of esters is 1. The van der Waals surface area contributed by atoms with E-state index in [1.165, 1.54) is 13.2 Å². The number of H-pyrrole nitrogens is 1. The number of aromatic amines is 1. The topological polar surface area (TPSA) is 96.5 Å². The van der Waals surface area contributed by atoms with E-state index in [1.54, 1.807) is 30.3 Å². The van der Waals surface area contributed by atoms with Crippen LogP contribution in [0, 0.1) is 18.7 Å². The number of methoxy groups -OCH3 is 1. The second-order valence-electron chi connectivity index (χ2n) is 12.0. The molecule has 1 spiro atoms. The molecule has 7 rings (SSSR count). The van der Waals surface area contributed by atoms with Gasteiger partial charge in [-0.15, -0.1) is 5.10 Å². The van der Waals surface area contributed by atoms with Crippen LogP contribution in [0.4, 0.5) is 10.1 Å². The number of fused-ring (bicyclic) bond motifs is 3. The Morgan fingerprint density at radius 2 is 2.00 bits per heavy atom. The number of amides is 1. The van der Waals surface area contributed by atoms with Crippen molar-refractivity contribution in [3.8, 4) is 5.88 Å². The van der Waals surface area contributed by atoms with Crippen LogP contribution >= 0.6 is 23.2 Å². The van der Waals surface area contributed by atoms with Gasteiger partial charge in [-0.25, -0.2) is 9.18 Å². The fourth-order valence-corrected chi connectivity index (χ4v) is 7.50. The Hall–Kier alpha value is -3.66. The van der Waals surface area contributed by atoms with Gasteiger partial charge in [-0.3, -0.25) is 14.8 Å². The third kappa shape index (κ3) is 4.64. The van der Waals surface area contributed by atoms with Crippen LogP contribution in [0.15, 0.2) is 48.5 Å². The molecule has 1 aromatic heterocycles. The van der Waals surface area contributed by atoms with Crippen molar-refractivity contribution >= 4 is 51.7 Å². The Kier molecular flexibility index (Phi) is 7.30. The van der Waals surface area contributed by atoms with Crippen LogP contribution in [0.1, 0.15) is 58.6 Å². The molecule has 0 bridgehead atoms. The number of ether oxygens (including phenoxy) is 2. The number of aromatic nitrogens is 2. The Balaban J connectivity index is 1.25. The van der Waals surface area contributed by atoms with Crippen molar-refractivity contribution in [1.29, 1.82) is 0 Å². The van der Waals surface area contributed by atoms with E-state index in [1.807, 2.05) is 19.1 Å². The second kappa shape index (κ2) is 11.1. The van der Waals surface area contributed by atoms with Crippen molar-refractivity contribution in [3.05, 3.63) is 86.6 Å². The number of anilines is 1. The molecule has 1 saturated carbocycles. The zero-order chi connectivity index (χ0) is 30.7. The number of rotatable bonds is 8. The third-order valence-electron chi connectivity index (χ3n) is 9.37. The normalized spacial score (nSPS) is 22.9. The zero-order valence-electron chi connectivity index (χ0n) is 24.3. The lowest BCUT2D eigenvalue weighted by Gasteiger charge is -2.40. The number of aryl methyl sites for hydroxylation is 1. The minimum absolute atomic E-state index is 0.0277. The third-order valence-corrected chi connectivity index (χ3v) is 9.90. The first kappa shape index (κ1) is 29.1. The molecule has 3 atom stereocenters. The molecule has 2 N–H and O–H groups in total. The Morgan fingerprint density at radius 1 is 1.18 bits per heavy atom. The van der Waals surface area contributed by atoms with Crippen LogP contribution in [0.3, 0.4) is 0 Å². The molecule has 3 heterocycles. The van der Waals surface area contributed by atoms with Crippen molar-refractivity contribution in [2.24, 2.45) is 5.92 Å². The van der Waals surface area contributed by atoms with Gasteiger partial charge in [0.1, 0.15) is 11.4 Å². The first-order chi connectivity index (χ1) is 21.2. The van der Waals surface area contributed by atoms with Crippen molar-refractivity contribution in [2.45, 2.75) is 50.1 Å². The highest BCUT2D eigenvalue weighted by Gasteiger charge is 2.63. The molecular weight excluding hydrogens is 606 g/mol. The maximum Gasteiger partial charge on any atom is 0.338 e. The average molecular weight is 638 g/mol. The van der Waals surface area contributed by atoms with E-state index < -0.39 is 23.2 Å². The molecule has 1 saturated heterocycles. The SMILES string of the molecule is COC(=O)c1cc2c(OCC[C@H]3C[C@H](c4cccc(Cl)c4F)[C@]4(C(=O)Nc5cc(Cl)ccc54)N3CC3CC3)n[nH]c2cc1C. The molecule has 11 heteroatoms. The minimum atomic E-state index is -1.13. The van der Waals surface area contributed by atoms with E-state index in [2.05, 4.69) is 20.4 Å². The van der Waals surface area contributed by atoms with Crippen molar-refractivity contribution in [3.63, 3.8) is 0 Å². The van der Waals surface area contributed by atoms with Gasteiger partial charge in [0.25, 0.3) is 0 Å². The molecule has 2 aliphatic heterocycles. The molecule has 1 aliphatic carbocycles. The maximum atomic E-state index is 15.7. The summed E-state index contributed by atoms with van der Waals surface area (Å²) in [6.45, 7) is 2.83. The average Bonchev–Trinajstić information content (AvgIpc) is 3.57. The molecule has 3 aromatic carbocycles. The first-order valence-electron chi connectivity index (χ1n) is 14.7. The molecule has 0 radical (unpaired) electrons. The number of hydrogen-bond donors (Lipinski definition) is 2. The number of carbonyl (C=O) groups is 2. The standard InChI is InChI=1S/C33H31Cl2FN4O4/c1-17-12-27-23(15-22(17)31(41)43-2)30(39-38-27)44-11-10-20-14-25(21-4-3-5-26(35)29(21)36)33(40(20)16-18-6-7-18)24-9-8-19(34)13-28(24)37-32(33)42/h3-5,8-9,12-13,15,18,20,25H,6-7,10-11,14,16H2,1-2H3,(H,37,42)(H,38,39)/t20-,25+,33+/m0/s1. The van der Waals surface area contributed by atoms with E-state index in [4.69, 9.17) is 32.7 Å². The van der Waals surface area contributed by atoms with Crippen LogP contribution < -0.4 is 10.1 Å². The number of nitrogens with one attached hydrogen (secondary N) is 2. The van der Waals surface area contributed by atoms with E-state index >= 15 is 4.39 Å². The monoisotopic (exact) mass is 636 g/mol. The lowest BCUT2D eigenvalue weighted by Crippen LogP contribution is -2.53. The van der Waals surface area contributed by atoms with Gasteiger partial charge in [0.05, 0.1) is 35.2 Å². The number of hydrogen-bond acceptors (Lipinski definition) is 6. The molecule has 8 nitrogen and oxygen atoms in total. The van der Waals surface area contributed by atoms with Gasteiger partial charge in [-0.1, -0.05) is 41.4 Å². The molecule has 228 valence electrons. The highest BCUT2D eigenvalue weighted by atomic mass is 35.5. The number of benzene rings is 3. The smallest absolute Gasteiger partial charge is 0.338 e. The van der Waals surface area contributed by atoms with Crippen LogP contribution in [0.5, 0.6) is 5.88 Å². The minimum Gasteiger partial charge on any atom is -0.476 e. The van der Waals surface area contributed by atoms with Gasteiger partial charge in [0.15, 0.2) is 0 Å². The molecule has 4 aromatic rings. The molecule has 44 heavy (non-hydrogen) atoms. The summed E-state index contributed by atoms with van der Waals surface area (Å²) in [4.78, 5) is 28.8. The number of halogens is 3. The van der Waals surface area contributed by atoms with Gasteiger partial charge in [-0.2, -0.15) is 0 Å². The fraction of sp³-hybridized carbons (Fsp3) is 0.364. The van der Waals surface area contributed by atoms with Crippen LogP contribution in [0.25, 0.3) is 10.9 Å². The van der Waals surface area contributed by atoms with Crippen LogP contribution in [-0.2, 0) is 15.1 Å².